The van der Waals surface area contributed by atoms with Gasteiger partial charge in [0.15, 0.2) is 0 Å². The van der Waals surface area contributed by atoms with Gasteiger partial charge in [-0.15, -0.1) is 0 Å². The summed E-state index contributed by atoms with van der Waals surface area (Å²) in [6, 6.07) is 16.8. The highest BCUT2D eigenvalue weighted by molar-refractivity contribution is 6.07. The van der Waals surface area contributed by atoms with Crippen molar-refractivity contribution < 1.29 is 23.8 Å². The number of carbonyl (C=O) groups excluding carboxylic acids is 2. The number of H-pyrrole nitrogens is 1. The van der Waals surface area contributed by atoms with E-state index in [9.17, 15) is 9.59 Å². The van der Waals surface area contributed by atoms with Crippen molar-refractivity contribution in [3.63, 3.8) is 0 Å². The smallest absolute Gasteiger partial charge is 0.340 e. The van der Waals surface area contributed by atoms with Gasteiger partial charge in [-0.2, -0.15) is 5.26 Å². The summed E-state index contributed by atoms with van der Waals surface area (Å²) in [5, 5.41) is 11.7. The van der Waals surface area contributed by atoms with Gasteiger partial charge in [0, 0.05) is 24.1 Å². The van der Waals surface area contributed by atoms with E-state index in [0.717, 1.165) is 11.1 Å². The van der Waals surface area contributed by atoms with Crippen LogP contribution in [0.2, 0.25) is 0 Å². The second-order valence-electron chi connectivity index (χ2n) is 7.63. The fourth-order valence-electron chi connectivity index (χ4n) is 3.48. The van der Waals surface area contributed by atoms with E-state index in [2.05, 4.69) is 16.4 Å². The molecule has 0 aliphatic rings. The van der Waals surface area contributed by atoms with Gasteiger partial charge in [0.2, 0.25) is 0 Å². The van der Waals surface area contributed by atoms with E-state index in [-0.39, 0.29) is 19.1 Å². The molecule has 0 saturated carbocycles. The first-order chi connectivity index (χ1) is 16.4. The van der Waals surface area contributed by atoms with Crippen LogP contribution in [0.5, 0.6) is 5.75 Å². The second kappa shape index (κ2) is 11.7. The molecule has 0 aliphatic heterocycles. The zero-order valence-electron chi connectivity index (χ0n) is 19.4. The second-order valence-corrected chi connectivity index (χ2v) is 7.63. The van der Waals surface area contributed by atoms with E-state index in [0.29, 0.717) is 47.0 Å². The minimum absolute atomic E-state index is 0.134. The number of aryl methyl sites for hydroxylation is 1. The molecule has 0 unspecified atom stereocenters. The fourth-order valence-corrected chi connectivity index (χ4v) is 3.48. The maximum absolute atomic E-state index is 13.0. The highest BCUT2D eigenvalue weighted by Crippen LogP contribution is 2.23. The Morgan fingerprint density at radius 3 is 2.50 bits per heavy atom. The molecule has 0 atom stereocenters. The minimum Gasteiger partial charge on any atom is -0.489 e. The molecule has 2 N–H and O–H groups in total. The third-order valence-corrected chi connectivity index (χ3v) is 5.26. The van der Waals surface area contributed by atoms with Gasteiger partial charge in [-0.25, -0.2) is 4.79 Å². The first-order valence-corrected chi connectivity index (χ1v) is 10.8. The van der Waals surface area contributed by atoms with Crippen LogP contribution >= 0.6 is 0 Å². The van der Waals surface area contributed by atoms with Crippen molar-refractivity contribution >= 4 is 17.6 Å². The summed E-state index contributed by atoms with van der Waals surface area (Å²) in [4.78, 5) is 28.5. The highest BCUT2D eigenvalue weighted by atomic mass is 16.6. The quantitative estimate of drug-likeness (QED) is 0.343. The Bertz CT molecular complexity index is 1190. The van der Waals surface area contributed by atoms with Gasteiger partial charge < -0.3 is 24.5 Å². The maximum Gasteiger partial charge on any atom is 0.340 e. The topological polar surface area (TPSA) is 113 Å². The van der Waals surface area contributed by atoms with Crippen molar-refractivity contribution in [3.8, 4) is 11.8 Å². The number of nitrogens with zero attached hydrogens (tertiary/aromatic N) is 1. The number of anilines is 1. The zero-order chi connectivity index (χ0) is 24.5. The third kappa shape index (κ3) is 6.03. The Hall–Kier alpha value is -4.09. The molecule has 1 heterocycles. The lowest BCUT2D eigenvalue weighted by Crippen LogP contribution is -2.16. The normalized spacial score (nSPS) is 10.4. The molecule has 1 amide bonds. The zero-order valence-corrected chi connectivity index (χ0v) is 19.4. The monoisotopic (exact) mass is 461 g/mol. The highest BCUT2D eigenvalue weighted by Gasteiger charge is 2.23. The number of carbonyl (C=O) groups is 2. The van der Waals surface area contributed by atoms with Gasteiger partial charge in [-0.05, 0) is 43.2 Å². The largest absolute Gasteiger partial charge is 0.489 e. The van der Waals surface area contributed by atoms with Crippen LogP contribution in [0, 0.1) is 25.2 Å². The third-order valence-electron chi connectivity index (χ3n) is 5.26. The Morgan fingerprint density at radius 1 is 1.06 bits per heavy atom. The van der Waals surface area contributed by atoms with E-state index >= 15 is 0 Å². The molecular weight excluding hydrogens is 434 g/mol. The molecule has 2 aromatic carbocycles. The summed E-state index contributed by atoms with van der Waals surface area (Å²) >= 11 is 0. The SMILES string of the molecule is COCCOC(=O)c1c(C)[nH]c(C(=O)Nc2ccccc2COc2ccc(CC#N)cc2)c1C. The van der Waals surface area contributed by atoms with Crippen molar-refractivity contribution in [2.45, 2.75) is 26.9 Å². The predicted molar refractivity (Wildman–Crippen MR) is 127 cm³/mol. The van der Waals surface area contributed by atoms with Crippen molar-refractivity contribution in [2.24, 2.45) is 0 Å². The van der Waals surface area contributed by atoms with Crippen LogP contribution in [0.15, 0.2) is 48.5 Å². The summed E-state index contributed by atoms with van der Waals surface area (Å²) in [7, 11) is 1.53. The number of aromatic amines is 1. The number of esters is 1. The molecule has 176 valence electrons. The van der Waals surface area contributed by atoms with E-state index in [1.54, 1.807) is 19.9 Å². The van der Waals surface area contributed by atoms with E-state index in [4.69, 9.17) is 19.5 Å². The Balaban J connectivity index is 1.70. The van der Waals surface area contributed by atoms with Gasteiger partial charge in [0.1, 0.15) is 24.7 Å². The number of nitrogens with one attached hydrogen (secondary N) is 2. The van der Waals surface area contributed by atoms with Gasteiger partial charge in [0.05, 0.1) is 24.7 Å². The first-order valence-electron chi connectivity index (χ1n) is 10.8. The summed E-state index contributed by atoms with van der Waals surface area (Å²) in [6.07, 6.45) is 0.347. The molecule has 1 aromatic heterocycles. The molecule has 3 rings (SSSR count). The Labute approximate surface area is 198 Å². The minimum atomic E-state index is -0.503. The van der Waals surface area contributed by atoms with Crippen LogP contribution < -0.4 is 10.1 Å². The molecule has 8 heteroatoms. The van der Waals surface area contributed by atoms with Gasteiger partial charge >= 0.3 is 5.97 Å². The number of aromatic nitrogens is 1. The van der Waals surface area contributed by atoms with E-state index in [1.807, 2.05) is 42.5 Å². The number of rotatable bonds is 10. The average molecular weight is 462 g/mol. The van der Waals surface area contributed by atoms with E-state index < -0.39 is 5.97 Å². The molecule has 0 saturated heterocycles. The maximum atomic E-state index is 13.0. The molecule has 3 aromatic rings. The van der Waals surface area contributed by atoms with Gasteiger partial charge in [0.25, 0.3) is 5.91 Å². The summed E-state index contributed by atoms with van der Waals surface area (Å²) in [5.74, 6) is -0.211. The first kappa shape index (κ1) is 24.6. The molecule has 8 nitrogen and oxygen atoms in total. The van der Waals surface area contributed by atoms with Crippen molar-refractivity contribution in [3.05, 3.63) is 82.2 Å². The van der Waals surface area contributed by atoms with Crippen LogP contribution in [0.1, 0.15) is 43.2 Å². The van der Waals surface area contributed by atoms with Crippen LogP contribution in [0.4, 0.5) is 5.69 Å². The van der Waals surface area contributed by atoms with Crippen molar-refractivity contribution in [1.82, 2.24) is 4.98 Å². The Kier molecular flexibility index (Phi) is 8.43. The average Bonchev–Trinajstić information content (AvgIpc) is 3.13. The van der Waals surface area contributed by atoms with Crippen molar-refractivity contribution in [2.75, 3.05) is 25.6 Å². The molecule has 0 aliphatic carbocycles. The predicted octanol–water partition coefficient (Wildman–Crippen LogP) is 4.33. The fraction of sp³-hybridized carbons (Fsp3) is 0.269. The van der Waals surface area contributed by atoms with Crippen LogP contribution in [0.25, 0.3) is 0 Å². The van der Waals surface area contributed by atoms with Crippen LogP contribution in [0.3, 0.4) is 0 Å². The van der Waals surface area contributed by atoms with Crippen LogP contribution in [-0.2, 0) is 22.5 Å². The number of hydrogen-bond donors (Lipinski definition) is 2. The number of ether oxygens (including phenoxy) is 3. The number of para-hydroxylation sites is 1. The van der Waals surface area contributed by atoms with Gasteiger partial charge in [-0.1, -0.05) is 30.3 Å². The molecule has 34 heavy (non-hydrogen) atoms. The molecule has 0 spiro atoms. The van der Waals surface area contributed by atoms with Crippen LogP contribution in [-0.4, -0.2) is 37.2 Å². The molecule has 0 radical (unpaired) electrons. The number of benzene rings is 2. The van der Waals surface area contributed by atoms with Crippen molar-refractivity contribution in [1.29, 1.82) is 5.26 Å². The Morgan fingerprint density at radius 2 is 1.79 bits per heavy atom. The molecule has 0 bridgehead atoms. The molecule has 0 fully saturated rings. The summed E-state index contributed by atoms with van der Waals surface area (Å²) < 4.78 is 16.0. The molecular formula is C26H27N3O5. The standard InChI is InChI=1S/C26H27N3O5/c1-17-23(26(31)33-15-14-32-3)18(2)28-24(17)25(30)29-22-7-5-4-6-20(22)16-34-21-10-8-19(9-11-21)12-13-27/h4-11,28H,12,14-16H2,1-3H3,(H,29,30). The number of nitriles is 1. The number of methoxy groups -OCH3 is 1. The lowest BCUT2D eigenvalue weighted by atomic mass is 10.1. The van der Waals surface area contributed by atoms with Gasteiger partial charge in [-0.3, -0.25) is 4.79 Å². The lowest BCUT2D eigenvalue weighted by Gasteiger charge is -2.12. The lowest BCUT2D eigenvalue weighted by molar-refractivity contribution is 0.0386. The number of amides is 1. The summed E-state index contributed by atoms with van der Waals surface area (Å²) in [5.41, 5.74) is 4.02. The summed E-state index contributed by atoms with van der Waals surface area (Å²) in [6.45, 7) is 4.10. The van der Waals surface area contributed by atoms with E-state index in [1.165, 1.54) is 7.11 Å². The number of hydrogen-bond acceptors (Lipinski definition) is 6.